The zero-order valence-corrected chi connectivity index (χ0v) is 10.6. The first-order valence-electron chi connectivity index (χ1n) is 6.42. The topological polar surface area (TPSA) is 0 Å². The van der Waals surface area contributed by atoms with Crippen LogP contribution in [0, 0.1) is 0 Å². The van der Waals surface area contributed by atoms with Crippen LogP contribution in [0.3, 0.4) is 0 Å². The second-order valence-electron chi connectivity index (χ2n) is 6.17. The molecular formula is C16H20. The summed E-state index contributed by atoms with van der Waals surface area (Å²) in [4.78, 5) is 0. The van der Waals surface area contributed by atoms with Crippen LogP contribution in [0.5, 0.6) is 0 Å². The van der Waals surface area contributed by atoms with Crippen molar-refractivity contribution in [1.29, 1.82) is 0 Å². The van der Waals surface area contributed by atoms with Gasteiger partial charge in [-0.2, -0.15) is 0 Å². The number of allylic oxidation sites excluding steroid dienone is 1. The van der Waals surface area contributed by atoms with E-state index < -0.39 is 0 Å². The van der Waals surface area contributed by atoms with Gasteiger partial charge in [-0.05, 0) is 58.9 Å². The summed E-state index contributed by atoms with van der Waals surface area (Å²) >= 11 is 0. The zero-order valence-electron chi connectivity index (χ0n) is 10.6. The molecule has 2 aliphatic carbocycles. The first kappa shape index (κ1) is 10.1. The smallest absolute Gasteiger partial charge is 0.00880 e. The molecule has 0 N–H and O–H groups in total. The molecule has 0 unspecified atom stereocenters. The van der Waals surface area contributed by atoms with E-state index in [1.807, 2.05) is 0 Å². The Morgan fingerprint density at radius 1 is 1.06 bits per heavy atom. The molecule has 16 heavy (non-hydrogen) atoms. The first-order chi connectivity index (χ1) is 7.57. The monoisotopic (exact) mass is 212 g/mol. The minimum Gasteiger partial charge on any atom is -0.0795 e. The highest BCUT2D eigenvalue weighted by Gasteiger charge is 2.28. The molecule has 1 aromatic rings. The van der Waals surface area contributed by atoms with Crippen molar-refractivity contribution >= 4 is 6.08 Å². The fourth-order valence-electron chi connectivity index (χ4n) is 3.34. The molecular weight excluding hydrogens is 192 g/mol. The number of rotatable bonds is 0. The van der Waals surface area contributed by atoms with Gasteiger partial charge in [-0.3, -0.25) is 0 Å². The molecule has 0 radical (unpaired) electrons. The van der Waals surface area contributed by atoms with Crippen LogP contribution in [0.25, 0.3) is 6.08 Å². The summed E-state index contributed by atoms with van der Waals surface area (Å²) < 4.78 is 0. The van der Waals surface area contributed by atoms with Crippen molar-refractivity contribution in [3.05, 3.63) is 40.0 Å². The molecule has 2 aliphatic rings. The van der Waals surface area contributed by atoms with Gasteiger partial charge < -0.3 is 0 Å². The van der Waals surface area contributed by atoms with Crippen molar-refractivity contribution in [2.75, 3.05) is 0 Å². The van der Waals surface area contributed by atoms with Crippen molar-refractivity contribution in [2.45, 2.75) is 51.9 Å². The van der Waals surface area contributed by atoms with Gasteiger partial charge in [-0.25, -0.2) is 0 Å². The lowest BCUT2D eigenvalue weighted by Gasteiger charge is -2.26. The molecule has 0 spiro atoms. The molecule has 0 nitrogen and oxygen atoms in total. The summed E-state index contributed by atoms with van der Waals surface area (Å²) in [6, 6.07) is 2.47. The van der Waals surface area contributed by atoms with Gasteiger partial charge in [-0.15, -0.1) is 0 Å². The Bertz CT molecular complexity index is 469. The lowest BCUT2D eigenvalue weighted by Crippen LogP contribution is -2.17. The largest absolute Gasteiger partial charge is 0.0795 e. The normalized spacial score (nSPS) is 17.7. The van der Waals surface area contributed by atoms with E-state index in [9.17, 15) is 0 Å². The predicted molar refractivity (Wildman–Crippen MR) is 69.9 cm³/mol. The number of hydrogen-bond acceptors (Lipinski definition) is 0. The van der Waals surface area contributed by atoms with Crippen LogP contribution in [0.2, 0.25) is 0 Å². The van der Waals surface area contributed by atoms with Crippen molar-refractivity contribution in [3.8, 4) is 0 Å². The van der Waals surface area contributed by atoms with Crippen LogP contribution in [-0.2, 0) is 24.7 Å². The Kier molecular flexibility index (Phi) is 2.04. The predicted octanol–water partition coefficient (Wildman–Crippen LogP) is 4.04. The van der Waals surface area contributed by atoms with Gasteiger partial charge in [0.25, 0.3) is 0 Å². The summed E-state index contributed by atoms with van der Waals surface area (Å²) in [5, 5.41) is 0. The van der Waals surface area contributed by atoms with E-state index in [2.05, 4.69) is 39.0 Å². The molecule has 3 rings (SSSR count). The van der Waals surface area contributed by atoms with Crippen molar-refractivity contribution in [3.63, 3.8) is 0 Å². The van der Waals surface area contributed by atoms with Gasteiger partial charge in [0.05, 0.1) is 0 Å². The fraction of sp³-hybridized carbons (Fsp3) is 0.500. The quantitative estimate of drug-likeness (QED) is 0.609. The summed E-state index contributed by atoms with van der Waals surface area (Å²) in [6.45, 7) is 7.06. The van der Waals surface area contributed by atoms with Crippen LogP contribution >= 0.6 is 0 Å². The summed E-state index contributed by atoms with van der Waals surface area (Å²) in [7, 11) is 0. The molecule has 0 aliphatic heterocycles. The average molecular weight is 212 g/mol. The molecule has 0 amide bonds. The Morgan fingerprint density at radius 2 is 1.88 bits per heavy atom. The maximum Gasteiger partial charge on any atom is -0.00880 e. The Morgan fingerprint density at radius 3 is 2.62 bits per heavy atom. The van der Waals surface area contributed by atoms with Gasteiger partial charge in [0, 0.05) is 0 Å². The van der Waals surface area contributed by atoms with Crippen LogP contribution < -0.4 is 0 Å². The molecule has 0 saturated carbocycles. The minimum absolute atomic E-state index is 0.286. The minimum atomic E-state index is 0.286. The fourth-order valence-corrected chi connectivity index (χ4v) is 3.34. The number of fused-ring (bicyclic) bond motifs is 2. The summed E-state index contributed by atoms with van der Waals surface area (Å²) in [5.74, 6) is 0. The Balaban J connectivity index is 2.31. The second kappa shape index (κ2) is 3.23. The van der Waals surface area contributed by atoms with Gasteiger partial charge >= 0.3 is 0 Å². The van der Waals surface area contributed by atoms with Crippen LogP contribution in [0.1, 0.15) is 55.0 Å². The van der Waals surface area contributed by atoms with E-state index in [1.54, 1.807) is 22.3 Å². The molecule has 1 aromatic carbocycles. The maximum atomic E-state index is 2.47. The molecule has 0 atom stereocenters. The summed E-state index contributed by atoms with van der Waals surface area (Å²) in [5.41, 5.74) is 8.31. The van der Waals surface area contributed by atoms with E-state index in [0.29, 0.717) is 0 Å². The number of benzene rings is 1. The van der Waals surface area contributed by atoms with Crippen LogP contribution in [0.4, 0.5) is 0 Å². The van der Waals surface area contributed by atoms with Gasteiger partial charge in [-0.1, -0.05) is 39.0 Å². The molecule has 0 heterocycles. The first-order valence-corrected chi connectivity index (χ1v) is 6.42. The standard InChI is InChI=1S/C16H20/c1-16(2,3)15-13-8-4-6-11(13)10-12-7-5-9-14(12)15/h4,8,10H,5-7,9H2,1-3H3. The average Bonchev–Trinajstić information content (AvgIpc) is 2.77. The third-order valence-corrected chi connectivity index (χ3v) is 3.90. The highest BCUT2D eigenvalue weighted by molar-refractivity contribution is 5.68. The highest BCUT2D eigenvalue weighted by Crippen LogP contribution is 2.40. The van der Waals surface area contributed by atoms with E-state index >= 15 is 0 Å². The van der Waals surface area contributed by atoms with E-state index in [4.69, 9.17) is 0 Å². The molecule has 0 bridgehead atoms. The Labute approximate surface area is 98.4 Å². The maximum absolute atomic E-state index is 2.47. The zero-order chi connectivity index (χ0) is 11.3. The molecule has 84 valence electrons. The van der Waals surface area contributed by atoms with Crippen molar-refractivity contribution < 1.29 is 0 Å². The van der Waals surface area contributed by atoms with Gasteiger partial charge in [0.1, 0.15) is 0 Å². The lowest BCUT2D eigenvalue weighted by atomic mass is 9.78. The molecule has 0 aromatic heterocycles. The lowest BCUT2D eigenvalue weighted by molar-refractivity contribution is 0.582. The number of hydrogen-bond donors (Lipinski definition) is 0. The highest BCUT2D eigenvalue weighted by atomic mass is 14.3. The van der Waals surface area contributed by atoms with E-state index in [-0.39, 0.29) is 5.41 Å². The molecule has 0 heteroatoms. The molecule has 0 fully saturated rings. The third-order valence-electron chi connectivity index (χ3n) is 3.90. The summed E-state index contributed by atoms with van der Waals surface area (Å²) in [6.07, 6.45) is 9.75. The molecule has 0 saturated heterocycles. The Hall–Kier alpha value is -1.04. The second-order valence-corrected chi connectivity index (χ2v) is 6.17. The van der Waals surface area contributed by atoms with Crippen molar-refractivity contribution in [2.24, 2.45) is 0 Å². The SMILES string of the molecule is CC(C)(C)c1c2c(cc3c1CCC3)CC=C2. The third kappa shape index (κ3) is 1.36. The van der Waals surface area contributed by atoms with Gasteiger partial charge in [0.2, 0.25) is 0 Å². The van der Waals surface area contributed by atoms with Crippen molar-refractivity contribution in [1.82, 2.24) is 0 Å². The van der Waals surface area contributed by atoms with E-state index in [1.165, 1.54) is 24.8 Å². The van der Waals surface area contributed by atoms with Crippen LogP contribution in [-0.4, -0.2) is 0 Å². The van der Waals surface area contributed by atoms with Gasteiger partial charge in [0.15, 0.2) is 0 Å². The number of aryl methyl sites for hydroxylation is 1. The van der Waals surface area contributed by atoms with Crippen LogP contribution in [0.15, 0.2) is 12.1 Å². The van der Waals surface area contributed by atoms with E-state index in [0.717, 1.165) is 6.42 Å².